The number of aliphatic hydroxyl groups excluding tert-OH is 1. The third kappa shape index (κ3) is 32.3. The molecule has 10 atom stereocenters. The summed E-state index contributed by atoms with van der Waals surface area (Å²) in [4.78, 5) is 236. The number of hydrogen-bond donors (Lipinski definition) is 20. The number of hydrogen-bond acceptors (Lipinski definition) is 22. The summed E-state index contributed by atoms with van der Waals surface area (Å²) in [6.45, 7) is 4.44. The molecule has 1 aromatic carbocycles. The van der Waals surface area contributed by atoms with Gasteiger partial charge in [0, 0.05) is 54.0 Å². The molecule has 3 rings (SSSR count). The van der Waals surface area contributed by atoms with Gasteiger partial charge in [-0.25, -0.2) is 4.98 Å². The smallest absolute Gasteiger partial charge is 0.245 e. The predicted molar refractivity (Wildman–Crippen MR) is 379 cm³/mol. The molecule has 2 aromatic heterocycles. The molecule has 0 radical (unpaired) electrons. The third-order valence-electron chi connectivity index (χ3n) is 15.1. The second-order valence-corrected chi connectivity index (χ2v) is 27.1. The second kappa shape index (κ2) is 44.8. The molecule has 0 saturated heterocycles. The Morgan fingerprint density at radius 1 is 0.538 bits per heavy atom. The van der Waals surface area contributed by atoms with Gasteiger partial charge in [0.2, 0.25) is 100 Å². The van der Waals surface area contributed by atoms with Gasteiger partial charge in [0.1, 0.15) is 60.4 Å². The van der Waals surface area contributed by atoms with Crippen molar-refractivity contribution >= 4 is 135 Å². The van der Waals surface area contributed by atoms with E-state index < -0.39 is 212 Å². The Bertz CT molecular complexity index is 3500. The Labute approximate surface area is 607 Å². The predicted octanol–water partition coefficient (Wildman–Crippen LogP) is -8.25. The lowest BCUT2D eigenvalue weighted by Crippen LogP contribution is -2.59. The normalized spacial score (nSPS) is 14.0. The molecule has 104 heavy (non-hydrogen) atoms. The van der Waals surface area contributed by atoms with Gasteiger partial charge in [0.15, 0.2) is 0 Å². The minimum absolute atomic E-state index is 0.124. The highest BCUT2D eigenvalue weighted by atomic mass is 32.2. The molecule has 3 aromatic rings. The summed E-state index contributed by atoms with van der Waals surface area (Å²) < 4.78 is 0. The first kappa shape index (κ1) is 87.8. The van der Waals surface area contributed by atoms with E-state index in [0.717, 1.165) is 11.8 Å². The summed E-state index contributed by atoms with van der Waals surface area (Å²) in [7, 11) is 3.15. The summed E-state index contributed by atoms with van der Waals surface area (Å²) >= 11 is 2.26. The van der Waals surface area contributed by atoms with Crippen LogP contribution in [0.1, 0.15) is 78.0 Å². The lowest BCUT2D eigenvalue weighted by Gasteiger charge is -2.26. The number of aromatic nitrogens is 3. The number of aromatic amines is 2. The summed E-state index contributed by atoms with van der Waals surface area (Å²) in [5.74, 6) is -16.6. The Hall–Kier alpha value is -10.4. The zero-order valence-electron chi connectivity index (χ0n) is 59.0. The third-order valence-corrected chi connectivity index (χ3v) is 16.8. The van der Waals surface area contributed by atoms with E-state index in [9.17, 15) is 86.6 Å². The van der Waals surface area contributed by atoms with Crippen LogP contribution in [0.4, 0.5) is 0 Å². The number of nitrogens with two attached hydrogens (primary N) is 4. The van der Waals surface area contributed by atoms with E-state index in [1.807, 2.05) is 20.1 Å². The molecule has 17 amide bonds. The number of rotatable bonds is 48. The van der Waals surface area contributed by atoms with Crippen LogP contribution in [0.2, 0.25) is 0 Å². The number of imidazole rings is 1. The number of thioether (sulfide) groups is 2. The molecule has 41 heteroatoms. The fraction of sp³-hybridized carbons (Fsp3) is 0.556. The summed E-state index contributed by atoms with van der Waals surface area (Å²) in [6.07, 6.45) is 4.27. The number of para-hydroxylation sites is 1. The molecular formula is C63H97N21O18S2. The number of carbonyl (C=O) groups excluding carboxylic acids is 17. The Balaban J connectivity index is 1.77. The monoisotopic (exact) mass is 1500 g/mol. The minimum Gasteiger partial charge on any atom is -0.394 e. The lowest BCUT2D eigenvalue weighted by molar-refractivity contribution is -0.135. The maximum atomic E-state index is 14.4. The molecule has 0 aliphatic carbocycles. The van der Waals surface area contributed by atoms with Crippen LogP contribution in [-0.2, 0) is 94.3 Å². The van der Waals surface area contributed by atoms with Crippen molar-refractivity contribution < 1.29 is 86.6 Å². The number of fused-ring (bicyclic) bond motifs is 1. The molecule has 0 bridgehead atoms. The van der Waals surface area contributed by atoms with Crippen LogP contribution in [0.15, 0.2) is 43.0 Å². The molecule has 39 nitrogen and oxygen atoms in total. The summed E-state index contributed by atoms with van der Waals surface area (Å²) in [5, 5.41) is 41.9. The zero-order valence-corrected chi connectivity index (χ0v) is 60.6. The highest BCUT2D eigenvalue weighted by molar-refractivity contribution is 8.00. The zero-order chi connectivity index (χ0) is 77.9. The molecule has 574 valence electrons. The van der Waals surface area contributed by atoms with Gasteiger partial charge >= 0.3 is 0 Å². The van der Waals surface area contributed by atoms with Crippen molar-refractivity contribution in [3.63, 3.8) is 0 Å². The highest BCUT2D eigenvalue weighted by Gasteiger charge is 2.35. The fourth-order valence-electron chi connectivity index (χ4n) is 9.80. The Morgan fingerprint density at radius 3 is 1.62 bits per heavy atom. The fourth-order valence-corrected chi connectivity index (χ4v) is 11.1. The van der Waals surface area contributed by atoms with Crippen molar-refractivity contribution in [2.24, 2.45) is 34.8 Å². The van der Waals surface area contributed by atoms with Crippen LogP contribution in [0.25, 0.3) is 10.9 Å². The van der Waals surface area contributed by atoms with Gasteiger partial charge < -0.3 is 112 Å². The average Bonchev–Trinajstić information content (AvgIpc) is 1.66. The Kier molecular flexibility index (Phi) is 37.9. The van der Waals surface area contributed by atoms with Gasteiger partial charge in [-0.2, -0.15) is 11.8 Å². The van der Waals surface area contributed by atoms with Crippen LogP contribution >= 0.6 is 23.5 Å². The molecule has 0 aliphatic rings. The Morgan fingerprint density at radius 2 is 1.07 bits per heavy atom. The van der Waals surface area contributed by atoms with Crippen LogP contribution in [-0.4, -0.2) is 256 Å². The van der Waals surface area contributed by atoms with E-state index in [4.69, 9.17) is 22.9 Å². The maximum Gasteiger partial charge on any atom is 0.245 e. The number of carbonyl (C=O) groups is 17. The van der Waals surface area contributed by atoms with Crippen molar-refractivity contribution in [1.29, 1.82) is 0 Å². The average molecular weight is 1500 g/mol. The van der Waals surface area contributed by atoms with Gasteiger partial charge in [-0.3, -0.25) is 81.5 Å². The first-order valence-electron chi connectivity index (χ1n) is 32.8. The number of nitrogens with zero attached hydrogens (tertiary/aromatic N) is 2. The molecule has 0 aliphatic heterocycles. The quantitative estimate of drug-likeness (QED) is 0.0250. The number of amides is 17. The highest BCUT2D eigenvalue weighted by Crippen LogP contribution is 2.20. The van der Waals surface area contributed by atoms with Crippen molar-refractivity contribution in [2.75, 3.05) is 70.4 Å². The molecule has 24 N–H and O–H groups in total. The van der Waals surface area contributed by atoms with Crippen LogP contribution in [0, 0.1) is 11.8 Å². The first-order valence-corrected chi connectivity index (χ1v) is 35.4. The standard InChI is InChI=1S/C63H97N21O18S2/c1-31(2)17-40(60(99)79-38(54(67)93)15-16-103-8)80-61(100)42(19-35-22-68-30-73-35)76-51(91)25-72-63(102)53(32(3)4)83-55(94)33(5)74-59(98)41(18-34-21-69-37-12-10-9-11-36(34)37)81-58(97)39(13-14-46(64)86)75-49(89)23-70-56(95)43(20-47(65)87)77-50(90)24-71-57(96)45(28-104-29-48(66)88)82-62(101)44(27-85)78-52(92)26-84(6)7/h9-12,21-22,30-33,38-45,53,69,85H,13-20,23-29H2,1-8H3,(H2,64,86)(H2,65,87)(H2,66,88)(H2,67,93)(H,68,73)(H,70,95)(H,71,96)(H,72,102)(H,74,98)(H,75,89)(H,76,91)(H,77,90)(H,78,92)(H,79,99)(H,80,100)(H,81,97)(H,82,101)(H,83,94)/t33-,38-,39-,40-,41-,42-,43-,44-,45-,53-/m0/s1. The molecule has 2 heterocycles. The topological polar surface area (TPSA) is 619 Å². The number of primary amides is 4. The number of benzene rings is 1. The van der Waals surface area contributed by atoms with E-state index in [2.05, 4.69) is 84.1 Å². The van der Waals surface area contributed by atoms with Gasteiger partial charge in [0.25, 0.3) is 0 Å². The molecule has 0 unspecified atom stereocenters. The van der Waals surface area contributed by atoms with Gasteiger partial charge in [-0.15, -0.1) is 11.8 Å². The largest absolute Gasteiger partial charge is 0.394 e. The van der Waals surface area contributed by atoms with Crippen LogP contribution < -0.4 is 92.1 Å². The van der Waals surface area contributed by atoms with E-state index in [1.54, 1.807) is 58.4 Å². The van der Waals surface area contributed by atoms with Gasteiger partial charge in [-0.1, -0.05) is 45.9 Å². The van der Waals surface area contributed by atoms with E-state index in [-0.39, 0.29) is 49.7 Å². The van der Waals surface area contributed by atoms with Crippen molar-refractivity contribution in [3.05, 3.63) is 54.2 Å². The lowest BCUT2D eigenvalue weighted by atomic mass is 10.0. The summed E-state index contributed by atoms with van der Waals surface area (Å²) in [5.41, 5.74) is 23.1. The van der Waals surface area contributed by atoms with E-state index >= 15 is 0 Å². The van der Waals surface area contributed by atoms with E-state index in [1.165, 1.54) is 36.1 Å². The molecule has 0 spiro atoms. The SMILES string of the molecule is CSCC[C@H](NC(=O)[C@H](CC(C)C)NC(=O)[C@H](Cc1cnc[nH]1)NC(=O)CNC(=O)[C@@H](NC(=O)[C@H](C)NC(=O)[C@H](Cc1c[nH]c2ccccc12)NC(=O)[C@H](CCC(N)=O)NC(=O)CNC(=O)[C@H](CC(N)=O)NC(=O)CNC(=O)[C@H](CSCC(N)=O)NC(=O)[C@H](CO)NC(=O)CN(C)C)C(C)C)C(N)=O. The van der Waals surface area contributed by atoms with E-state index in [0.29, 0.717) is 27.9 Å². The van der Waals surface area contributed by atoms with Crippen LogP contribution in [0.3, 0.4) is 0 Å². The maximum absolute atomic E-state index is 14.4. The van der Waals surface area contributed by atoms with Crippen molar-refractivity contribution in [3.8, 4) is 0 Å². The number of H-pyrrole nitrogens is 2. The number of likely N-dealkylation sites (N-methyl/N-ethyl adjacent to an activating group) is 1. The molecular weight excluding hydrogens is 1400 g/mol. The number of nitrogens with one attached hydrogen (secondary N) is 15. The molecule has 0 saturated carbocycles. The number of aliphatic hydroxyl groups is 1. The second-order valence-electron chi connectivity index (χ2n) is 25.1. The first-order chi connectivity index (χ1) is 49.0. The molecule has 0 fully saturated rings. The van der Waals surface area contributed by atoms with Crippen molar-refractivity contribution in [1.82, 2.24) is 89.0 Å². The van der Waals surface area contributed by atoms with Crippen LogP contribution in [0.5, 0.6) is 0 Å². The van der Waals surface area contributed by atoms with Gasteiger partial charge in [0.05, 0.1) is 51.3 Å². The van der Waals surface area contributed by atoms with Gasteiger partial charge in [-0.05, 0) is 75.8 Å². The minimum atomic E-state index is -1.79. The van der Waals surface area contributed by atoms with Crippen molar-refractivity contribution in [2.45, 2.75) is 140 Å². The summed E-state index contributed by atoms with van der Waals surface area (Å²) in [6, 6.07) is -7.43.